The van der Waals surface area contributed by atoms with E-state index in [1.54, 1.807) is 0 Å². The maximum atomic E-state index is 13.1. The number of hydrogen-bond donors (Lipinski definition) is 1. The fourth-order valence-corrected chi connectivity index (χ4v) is 1.66. The van der Waals surface area contributed by atoms with Crippen LogP contribution in [0.2, 0.25) is 0 Å². The van der Waals surface area contributed by atoms with E-state index in [0.717, 1.165) is 6.42 Å². The van der Waals surface area contributed by atoms with Crippen molar-refractivity contribution >= 4 is 11.6 Å². The molecule has 86 valence electrons. The summed E-state index contributed by atoms with van der Waals surface area (Å²) in [5.41, 5.74) is 0.572. The summed E-state index contributed by atoms with van der Waals surface area (Å²) >= 11 is 0. The first-order valence-corrected chi connectivity index (χ1v) is 5.26. The number of carbonyl (C=O) groups excluding carboxylic acids is 1. The van der Waals surface area contributed by atoms with E-state index in [4.69, 9.17) is 4.74 Å². The van der Waals surface area contributed by atoms with E-state index in [0.29, 0.717) is 11.6 Å². The normalized spacial score (nSPS) is 22.7. The third-order valence-electron chi connectivity index (χ3n) is 2.86. The lowest BCUT2D eigenvalue weighted by atomic mass is 10.2. The number of ether oxygens (including phenoxy) is 1. The summed E-state index contributed by atoms with van der Waals surface area (Å²) in [4.78, 5) is 11.6. The van der Waals surface area contributed by atoms with Crippen molar-refractivity contribution in [1.29, 1.82) is 0 Å². The lowest BCUT2D eigenvalue weighted by Crippen LogP contribution is -2.14. The summed E-state index contributed by atoms with van der Waals surface area (Å²) in [6, 6.07) is 4.30. The fourth-order valence-electron chi connectivity index (χ4n) is 1.66. The number of benzene rings is 1. The van der Waals surface area contributed by atoms with Crippen LogP contribution in [-0.2, 0) is 4.79 Å². The molecule has 1 fully saturated rings. The number of anilines is 1. The van der Waals surface area contributed by atoms with Crippen LogP contribution >= 0.6 is 0 Å². The number of methoxy groups -OCH3 is 1. The summed E-state index contributed by atoms with van der Waals surface area (Å²) in [5, 5.41) is 2.75. The van der Waals surface area contributed by atoms with E-state index >= 15 is 0 Å². The maximum absolute atomic E-state index is 13.1. The maximum Gasteiger partial charge on any atom is 0.227 e. The molecule has 1 N–H and O–H groups in total. The van der Waals surface area contributed by atoms with Gasteiger partial charge in [0.2, 0.25) is 5.91 Å². The Labute approximate surface area is 93.6 Å². The Morgan fingerprint density at radius 2 is 2.25 bits per heavy atom. The molecule has 0 spiro atoms. The van der Waals surface area contributed by atoms with E-state index < -0.39 is 5.82 Å². The number of nitrogens with one attached hydrogen (secondary N) is 1. The largest absolute Gasteiger partial charge is 0.494 e. The number of hydrogen-bond acceptors (Lipinski definition) is 2. The van der Waals surface area contributed by atoms with Crippen molar-refractivity contribution in [2.45, 2.75) is 13.3 Å². The molecule has 0 aliphatic heterocycles. The van der Waals surface area contributed by atoms with Crippen LogP contribution in [0, 0.1) is 17.7 Å². The molecule has 1 amide bonds. The van der Waals surface area contributed by atoms with Gasteiger partial charge < -0.3 is 10.1 Å². The first-order chi connectivity index (χ1) is 7.61. The Bertz CT molecular complexity index is 419. The number of amides is 1. The van der Waals surface area contributed by atoms with E-state index in [1.807, 2.05) is 6.92 Å². The van der Waals surface area contributed by atoms with Gasteiger partial charge in [0.05, 0.1) is 7.11 Å². The van der Waals surface area contributed by atoms with Crippen LogP contribution in [0.15, 0.2) is 18.2 Å². The molecule has 0 aromatic heterocycles. The summed E-state index contributed by atoms with van der Waals surface area (Å²) in [6.07, 6.45) is 0.935. The van der Waals surface area contributed by atoms with Crippen LogP contribution in [-0.4, -0.2) is 13.0 Å². The third kappa shape index (κ3) is 2.15. The Balaban J connectivity index is 2.07. The second-order valence-electron chi connectivity index (χ2n) is 4.16. The molecule has 2 rings (SSSR count). The zero-order chi connectivity index (χ0) is 11.7. The minimum absolute atomic E-state index is 0.00108. The zero-order valence-corrected chi connectivity index (χ0v) is 9.29. The molecule has 1 aliphatic rings. The first-order valence-electron chi connectivity index (χ1n) is 5.26. The molecule has 0 radical (unpaired) electrons. The average Bonchev–Trinajstić information content (AvgIpc) is 2.98. The van der Waals surface area contributed by atoms with Crippen LogP contribution in [0.3, 0.4) is 0 Å². The summed E-state index contributed by atoms with van der Waals surface area (Å²) in [6.45, 7) is 2.04. The smallest absolute Gasteiger partial charge is 0.227 e. The third-order valence-corrected chi connectivity index (χ3v) is 2.86. The predicted octanol–water partition coefficient (Wildman–Crippen LogP) is 2.43. The Morgan fingerprint density at radius 3 is 2.81 bits per heavy atom. The summed E-state index contributed by atoms with van der Waals surface area (Å²) in [5.74, 6) is 0.279. The lowest BCUT2D eigenvalue weighted by molar-refractivity contribution is -0.117. The van der Waals surface area contributed by atoms with Crippen molar-refractivity contribution in [3.63, 3.8) is 0 Å². The van der Waals surface area contributed by atoms with E-state index in [9.17, 15) is 9.18 Å². The molecule has 1 aliphatic carbocycles. The van der Waals surface area contributed by atoms with Gasteiger partial charge in [0.1, 0.15) is 0 Å². The van der Waals surface area contributed by atoms with Crippen LogP contribution < -0.4 is 10.1 Å². The van der Waals surface area contributed by atoms with Crippen molar-refractivity contribution < 1.29 is 13.9 Å². The van der Waals surface area contributed by atoms with Gasteiger partial charge in [-0.25, -0.2) is 4.39 Å². The van der Waals surface area contributed by atoms with Gasteiger partial charge in [0, 0.05) is 17.7 Å². The minimum atomic E-state index is -0.430. The van der Waals surface area contributed by atoms with E-state index in [1.165, 1.54) is 25.3 Å². The van der Waals surface area contributed by atoms with Gasteiger partial charge in [-0.05, 0) is 24.5 Å². The monoisotopic (exact) mass is 223 g/mol. The van der Waals surface area contributed by atoms with Gasteiger partial charge in [-0.1, -0.05) is 6.92 Å². The van der Waals surface area contributed by atoms with Crippen molar-refractivity contribution in [3.8, 4) is 5.75 Å². The number of rotatable bonds is 3. The first kappa shape index (κ1) is 10.9. The van der Waals surface area contributed by atoms with Gasteiger partial charge in [0.25, 0.3) is 0 Å². The SMILES string of the molecule is COc1cc(NC(=O)[C@@H]2C[C@H]2C)ccc1F. The minimum Gasteiger partial charge on any atom is -0.494 e. The standard InChI is InChI=1S/C12H14FNO2/c1-7-5-9(7)12(15)14-8-3-4-10(13)11(6-8)16-2/h3-4,6-7,9H,5H2,1-2H3,(H,14,15)/t7-,9-/m1/s1. The average molecular weight is 223 g/mol. The van der Waals surface area contributed by atoms with Gasteiger partial charge in [-0.3, -0.25) is 4.79 Å². The molecule has 4 heteroatoms. The Kier molecular flexibility index (Phi) is 2.81. The molecule has 0 unspecified atom stereocenters. The number of carbonyl (C=O) groups is 1. The van der Waals surface area contributed by atoms with Crippen molar-refractivity contribution in [3.05, 3.63) is 24.0 Å². The molecular formula is C12H14FNO2. The van der Waals surface area contributed by atoms with Crippen molar-refractivity contribution in [2.75, 3.05) is 12.4 Å². The zero-order valence-electron chi connectivity index (χ0n) is 9.29. The van der Waals surface area contributed by atoms with Gasteiger partial charge >= 0.3 is 0 Å². The fraction of sp³-hybridized carbons (Fsp3) is 0.417. The molecule has 1 aromatic carbocycles. The molecule has 3 nitrogen and oxygen atoms in total. The van der Waals surface area contributed by atoms with Crippen molar-refractivity contribution in [2.24, 2.45) is 11.8 Å². The molecule has 0 bridgehead atoms. The molecule has 0 saturated heterocycles. The quantitative estimate of drug-likeness (QED) is 0.854. The molecule has 16 heavy (non-hydrogen) atoms. The molecular weight excluding hydrogens is 209 g/mol. The molecule has 1 aromatic rings. The predicted molar refractivity (Wildman–Crippen MR) is 58.9 cm³/mol. The molecule has 2 atom stereocenters. The lowest BCUT2D eigenvalue weighted by Gasteiger charge is -2.07. The highest BCUT2D eigenvalue weighted by Crippen LogP contribution is 2.38. The van der Waals surface area contributed by atoms with E-state index in [2.05, 4.69) is 5.32 Å². The second kappa shape index (κ2) is 4.12. The highest BCUT2D eigenvalue weighted by atomic mass is 19.1. The summed E-state index contributed by atoms with van der Waals surface area (Å²) < 4.78 is 17.9. The number of halogens is 1. The molecule has 0 heterocycles. The topological polar surface area (TPSA) is 38.3 Å². The summed E-state index contributed by atoms with van der Waals surface area (Å²) in [7, 11) is 1.40. The Morgan fingerprint density at radius 1 is 1.56 bits per heavy atom. The van der Waals surface area contributed by atoms with Crippen molar-refractivity contribution in [1.82, 2.24) is 0 Å². The van der Waals surface area contributed by atoms with Crippen LogP contribution in [0.4, 0.5) is 10.1 Å². The van der Waals surface area contributed by atoms with Crippen LogP contribution in [0.1, 0.15) is 13.3 Å². The van der Waals surface area contributed by atoms with Crippen LogP contribution in [0.25, 0.3) is 0 Å². The van der Waals surface area contributed by atoms with E-state index in [-0.39, 0.29) is 17.6 Å². The second-order valence-corrected chi connectivity index (χ2v) is 4.16. The highest BCUT2D eigenvalue weighted by molar-refractivity contribution is 5.94. The van der Waals surface area contributed by atoms with Gasteiger partial charge in [0.15, 0.2) is 11.6 Å². The Hall–Kier alpha value is -1.58. The van der Waals surface area contributed by atoms with Crippen LogP contribution in [0.5, 0.6) is 5.75 Å². The van der Waals surface area contributed by atoms with Gasteiger partial charge in [-0.2, -0.15) is 0 Å². The highest BCUT2D eigenvalue weighted by Gasteiger charge is 2.39. The van der Waals surface area contributed by atoms with Gasteiger partial charge in [-0.15, -0.1) is 0 Å². The molecule has 1 saturated carbocycles.